The summed E-state index contributed by atoms with van der Waals surface area (Å²) in [5, 5.41) is 7.70. The highest BCUT2D eigenvalue weighted by atomic mass is 19.1. The van der Waals surface area contributed by atoms with E-state index in [1.165, 1.54) is 18.6 Å². The number of halogens is 1. The molecule has 7 nitrogen and oxygen atoms in total. The molecular formula is C27H30FN5O2. The lowest BCUT2D eigenvalue weighted by Crippen LogP contribution is -2.69. The van der Waals surface area contributed by atoms with Gasteiger partial charge in [-0.3, -0.25) is 19.8 Å². The molecule has 3 N–H and O–H groups in total. The fourth-order valence-corrected chi connectivity index (χ4v) is 5.77. The molecule has 0 radical (unpaired) electrons. The molecule has 2 aromatic carbocycles. The summed E-state index contributed by atoms with van der Waals surface area (Å²) in [4.78, 5) is 33.3. The minimum Gasteiger partial charge on any atom is -0.355 e. The summed E-state index contributed by atoms with van der Waals surface area (Å²) in [6.45, 7) is 2.63. The van der Waals surface area contributed by atoms with Crippen LogP contribution >= 0.6 is 0 Å². The van der Waals surface area contributed by atoms with Crippen molar-refractivity contribution in [2.45, 2.75) is 38.0 Å². The summed E-state index contributed by atoms with van der Waals surface area (Å²) in [5.41, 5.74) is 3.14. The van der Waals surface area contributed by atoms with E-state index in [4.69, 9.17) is 0 Å². The van der Waals surface area contributed by atoms with Gasteiger partial charge in [0.1, 0.15) is 12.1 Å². The van der Waals surface area contributed by atoms with Gasteiger partial charge in [-0.25, -0.2) is 4.39 Å². The molecule has 3 aliphatic rings. The smallest absolute Gasteiger partial charge is 0.253 e. The molecule has 3 unspecified atom stereocenters. The number of piperazine rings is 1. The highest BCUT2D eigenvalue weighted by molar-refractivity contribution is 5.99. The van der Waals surface area contributed by atoms with Gasteiger partial charge in [0.2, 0.25) is 5.91 Å². The van der Waals surface area contributed by atoms with Gasteiger partial charge in [0, 0.05) is 59.9 Å². The van der Waals surface area contributed by atoms with Crippen molar-refractivity contribution in [2.24, 2.45) is 5.92 Å². The summed E-state index contributed by atoms with van der Waals surface area (Å²) in [5.74, 6) is -0.0206. The van der Waals surface area contributed by atoms with Gasteiger partial charge in [-0.1, -0.05) is 25.0 Å². The lowest BCUT2D eigenvalue weighted by molar-refractivity contribution is -0.134. The van der Waals surface area contributed by atoms with Gasteiger partial charge in [0.25, 0.3) is 5.91 Å². The summed E-state index contributed by atoms with van der Waals surface area (Å²) >= 11 is 0. The molecule has 3 heterocycles. The van der Waals surface area contributed by atoms with Crippen molar-refractivity contribution in [3.63, 3.8) is 0 Å². The Hall–Kier alpha value is -3.23. The number of nitrogens with zero attached hydrogens (tertiary/aromatic N) is 2. The van der Waals surface area contributed by atoms with Crippen molar-refractivity contribution in [2.75, 3.05) is 26.2 Å². The Morgan fingerprint density at radius 3 is 2.63 bits per heavy atom. The van der Waals surface area contributed by atoms with E-state index in [9.17, 15) is 14.0 Å². The van der Waals surface area contributed by atoms with Gasteiger partial charge in [0.15, 0.2) is 0 Å². The van der Waals surface area contributed by atoms with E-state index in [-0.39, 0.29) is 35.9 Å². The van der Waals surface area contributed by atoms with Crippen molar-refractivity contribution >= 4 is 22.7 Å². The topological polar surface area (TPSA) is 80.5 Å². The quantitative estimate of drug-likeness (QED) is 0.543. The SMILES string of the molecule is O=C1NC(N2CCN(C(=O)c3ccc4[nH]c(-c5cccc(F)c5)cc4c3)CC2)NC2CCCCC12. The van der Waals surface area contributed by atoms with Gasteiger partial charge in [-0.2, -0.15) is 0 Å². The zero-order valence-electron chi connectivity index (χ0n) is 19.6. The summed E-state index contributed by atoms with van der Waals surface area (Å²) in [7, 11) is 0. The van der Waals surface area contributed by atoms with Crippen LogP contribution in [-0.4, -0.2) is 65.1 Å². The van der Waals surface area contributed by atoms with Crippen LogP contribution in [0.4, 0.5) is 4.39 Å². The van der Waals surface area contributed by atoms with E-state index in [1.807, 2.05) is 35.2 Å². The van der Waals surface area contributed by atoms with E-state index in [1.54, 1.807) is 6.07 Å². The Balaban J connectivity index is 1.11. The molecule has 6 rings (SSSR count). The highest BCUT2D eigenvalue weighted by Gasteiger charge is 2.40. The number of carbonyl (C=O) groups is 2. The number of aromatic amines is 1. The highest BCUT2D eigenvalue weighted by Crippen LogP contribution is 2.28. The second kappa shape index (κ2) is 9.09. The minimum atomic E-state index is -0.280. The number of H-pyrrole nitrogens is 1. The second-order valence-corrected chi connectivity index (χ2v) is 9.90. The number of hydrogen-bond donors (Lipinski definition) is 3. The zero-order valence-corrected chi connectivity index (χ0v) is 19.6. The molecule has 2 amide bonds. The average Bonchev–Trinajstić information content (AvgIpc) is 3.32. The average molecular weight is 476 g/mol. The molecule has 182 valence electrons. The van der Waals surface area contributed by atoms with Crippen LogP contribution in [0.3, 0.4) is 0 Å². The molecule has 1 saturated carbocycles. The van der Waals surface area contributed by atoms with E-state index in [0.29, 0.717) is 31.7 Å². The van der Waals surface area contributed by atoms with Gasteiger partial charge < -0.3 is 15.2 Å². The van der Waals surface area contributed by atoms with Gasteiger partial charge in [-0.15, -0.1) is 0 Å². The minimum absolute atomic E-state index is 0.00744. The maximum Gasteiger partial charge on any atom is 0.253 e. The van der Waals surface area contributed by atoms with Crippen LogP contribution < -0.4 is 10.6 Å². The Morgan fingerprint density at radius 1 is 0.971 bits per heavy atom. The number of benzene rings is 2. The third-order valence-corrected chi connectivity index (χ3v) is 7.72. The maximum atomic E-state index is 13.6. The first-order valence-electron chi connectivity index (χ1n) is 12.5. The summed E-state index contributed by atoms with van der Waals surface area (Å²) < 4.78 is 13.6. The van der Waals surface area contributed by atoms with E-state index in [0.717, 1.165) is 41.4 Å². The van der Waals surface area contributed by atoms with Crippen molar-refractivity contribution in [3.05, 3.63) is 59.9 Å². The molecule has 0 bridgehead atoms. The standard InChI is InChI=1S/C27H30FN5O2/c28-20-5-3-4-17(15-20)24-16-19-14-18(8-9-22(19)29-24)26(35)32-10-12-33(13-11-32)27-30-23-7-2-1-6-21(23)25(34)31-27/h3-5,8-9,14-16,21,23,27,29-30H,1-2,6-7,10-13H2,(H,31,34). The molecule has 2 saturated heterocycles. The van der Waals surface area contributed by atoms with Crippen LogP contribution in [0.25, 0.3) is 22.2 Å². The molecule has 3 aromatic rings. The predicted molar refractivity (Wildman–Crippen MR) is 132 cm³/mol. The van der Waals surface area contributed by atoms with Crippen molar-refractivity contribution in [1.82, 2.24) is 25.4 Å². The fourth-order valence-electron chi connectivity index (χ4n) is 5.77. The van der Waals surface area contributed by atoms with Crippen LogP contribution in [-0.2, 0) is 4.79 Å². The number of nitrogens with one attached hydrogen (secondary N) is 3. The number of carbonyl (C=O) groups excluding carboxylic acids is 2. The third-order valence-electron chi connectivity index (χ3n) is 7.72. The summed E-state index contributed by atoms with van der Waals surface area (Å²) in [6.07, 6.45) is 4.16. The Labute approximate surface area is 203 Å². The van der Waals surface area contributed by atoms with E-state index in [2.05, 4.69) is 20.5 Å². The van der Waals surface area contributed by atoms with E-state index >= 15 is 0 Å². The molecule has 8 heteroatoms. The van der Waals surface area contributed by atoms with Crippen LogP contribution in [0.5, 0.6) is 0 Å². The number of fused-ring (bicyclic) bond motifs is 2. The third kappa shape index (κ3) is 4.32. The van der Waals surface area contributed by atoms with Crippen LogP contribution in [0, 0.1) is 11.7 Å². The lowest BCUT2D eigenvalue weighted by atomic mass is 9.82. The fraction of sp³-hybridized carbons (Fsp3) is 0.407. The first kappa shape index (κ1) is 22.2. The lowest BCUT2D eigenvalue weighted by Gasteiger charge is -2.46. The zero-order chi connectivity index (χ0) is 23.9. The molecule has 1 aliphatic carbocycles. The summed E-state index contributed by atoms with van der Waals surface area (Å²) in [6, 6.07) is 14.3. The van der Waals surface area contributed by atoms with Gasteiger partial charge >= 0.3 is 0 Å². The molecular weight excluding hydrogens is 445 g/mol. The molecule has 0 spiro atoms. The number of rotatable bonds is 3. The molecule has 1 aromatic heterocycles. The molecule has 3 atom stereocenters. The van der Waals surface area contributed by atoms with E-state index < -0.39 is 0 Å². The maximum absolute atomic E-state index is 13.6. The predicted octanol–water partition coefficient (Wildman–Crippen LogP) is 3.29. The van der Waals surface area contributed by atoms with Crippen LogP contribution in [0.15, 0.2) is 48.5 Å². The number of hydrogen-bond acceptors (Lipinski definition) is 4. The Bertz CT molecular complexity index is 1270. The second-order valence-electron chi connectivity index (χ2n) is 9.90. The molecule has 3 fully saturated rings. The van der Waals surface area contributed by atoms with Crippen LogP contribution in [0.1, 0.15) is 36.0 Å². The van der Waals surface area contributed by atoms with Crippen LogP contribution in [0.2, 0.25) is 0 Å². The van der Waals surface area contributed by atoms with Gasteiger partial charge in [0.05, 0.1) is 5.92 Å². The van der Waals surface area contributed by atoms with Crippen molar-refractivity contribution < 1.29 is 14.0 Å². The Morgan fingerprint density at radius 2 is 1.80 bits per heavy atom. The molecule has 35 heavy (non-hydrogen) atoms. The normalized spacial score (nSPS) is 25.3. The number of aromatic nitrogens is 1. The monoisotopic (exact) mass is 475 g/mol. The largest absolute Gasteiger partial charge is 0.355 e. The first-order chi connectivity index (χ1) is 17.0. The van der Waals surface area contributed by atoms with Crippen molar-refractivity contribution in [3.8, 4) is 11.3 Å². The van der Waals surface area contributed by atoms with Crippen molar-refractivity contribution in [1.29, 1.82) is 0 Å². The molecule has 2 aliphatic heterocycles. The first-order valence-corrected chi connectivity index (χ1v) is 12.5. The Kier molecular flexibility index (Phi) is 5.78. The van der Waals surface area contributed by atoms with Gasteiger partial charge in [-0.05, 0) is 49.2 Å². The number of amides is 2.